The first kappa shape index (κ1) is 16.6. The van der Waals surface area contributed by atoms with Crippen LogP contribution in [0.3, 0.4) is 0 Å². The number of hydrogen-bond acceptors (Lipinski definition) is 4. The SMILES string of the molecule is C=C(C)COCCNS(=O)(=O)c1ccc(OC)cc1F. The largest absolute Gasteiger partial charge is 0.497 e. The maximum absolute atomic E-state index is 13.7. The third-order valence-corrected chi connectivity index (χ3v) is 3.81. The fourth-order valence-corrected chi connectivity index (χ4v) is 2.47. The molecule has 0 amide bonds. The van der Waals surface area contributed by atoms with Gasteiger partial charge in [0.25, 0.3) is 0 Å². The van der Waals surface area contributed by atoms with Crippen molar-refractivity contribution in [3.05, 3.63) is 36.2 Å². The first-order valence-electron chi connectivity index (χ1n) is 5.92. The highest BCUT2D eigenvalue weighted by atomic mass is 32.2. The second-order valence-corrected chi connectivity index (χ2v) is 5.94. The molecule has 1 aromatic carbocycles. The Labute approximate surface area is 118 Å². The van der Waals surface area contributed by atoms with Crippen molar-refractivity contribution in [1.82, 2.24) is 4.72 Å². The standard InChI is InChI=1S/C13H18FNO4S/c1-10(2)9-19-7-6-15-20(16,17)13-5-4-11(18-3)8-12(13)14/h4-5,8,15H,1,6-7,9H2,2-3H3. The van der Waals surface area contributed by atoms with Gasteiger partial charge in [0.05, 0.1) is 20.3 Å². The van der Waals surface area contributed by atoms with Crippen LogP contribution in [0, 0.1) is 5.82 Å². The zero-order chi connectivity index (χ0) is 15.2. The van der Waals surface area contributed by atoms with Gasteiger partial charge in [0.15, 0.2) is 0 Å². The van der Waals surface area contributed by atoms with E-state index in [0.29, 0.717) is 6.61 Å². The summed E-state index contributed by atoms with van der Waals surface area (Å²) in [6.45, 7) is 6.06. The van der Waals surface area contributed by atoms with Gasteiger partial charge in [-0.15, -0.1) is 0 Å². The van der Waals surface area contributed by atoms with Crippen LogP contribution in [0.1, 0.15) is 6.92 Å². The van der Waals surface area contributed by atoms with Gasteiger partial charge in [0, 0.05) is 12.6 Å². The summed E-state index contributed by atoms with van der Waals surface area (Å²) in [4.78, 5) is -0.418. The van der Waals surface area contributed by atoms with E-state index in [1.54, 1.807) is 6.92 Å². The summed E-state index contributed by atoms with van der Waals surface area (Å²) in [5.74, 6) is -0.606. The Kier molecular flexibility index (Phi) is 6.12. The van der Waals surface area contributed by atoms with E-state index in [9.17, 15) is 12.8 Å². The Morgan fingerprint density at radius 3 is 2.70 bits per heavy atom. The zero-order valence-corrected chi connectivity index (χ0v) is 12.3. The zero-order valence-electron chi connectivity index (χ0n) is 11.5. The van der Waals surface area contributed by atoms with Gasteiger partial charge in [-0.3, -0.25) is 0 Å². The highest BCUT2D eigenvalue weighted by Crippen LogP contribution is 2.19. The molecule has 0 aliphatic carbocycles. The van der Waals surface area contributed by atoms with E-state index in [-0.39, 0.29) is 18.9 Å². The summed E-state index contributed by atoms with van der Waals surface area (Å²) in [5.41, 5.74) is 0.842. The van der Waals surface area contributed by atoms with Crippen molar-refractivity contribution in [3.8, 4) is 5.75 Å². The van der Waals surface area contributed by atoms with Crippen molar-refractivity contribution in [2.75, 3.05) is 26.9 Å². The predicted octanol–water partition coefficient (Wildman–Crippen LogP) is 1.71. The molecule has 0 saturated heterocycles. The van der Waals surface area contributed by atoms with E-state index >= 15 is 0 Å². The second-order valence-electron chi connectivity index (χ2n) is 4.20. The molecule has 0 fully saturated rings. The predicted molar refractivity (Wildman–Crippen MR) is 73.8 cm³/mol. The molecule has 0 saturated carbocycles. The molecule has 0 aliphatic heterocycles. The number of nitrogens with one attached hydrogen (secondary N) is 1. The summed E-state index contributed by atoms with van der Waals surface area (Å²) >= 11 is 0. The van der Waals surface area contributed by atoms with Gasteiger partial charge in [-0.05, 0) is 19.1 Å². The van der Waals surface area contributed by atoms with Crippen molar-refractivity contribution in [2.24, 2.45) is 0 Å². The Bertz CT molecular complexity index is 572. The lowest BCUT2D eigenvalue weighted by atomic mass is 10.3. The van der Waals surface area contributed by atoms with Gasteiger partial charge in [0.1, 0.15) is 16.5 Å². The molecule has 0 spiro atoms. The minimum Gasteiger partial charge on any atom is -0.497 e. The minimum atomic E-state index is -3.90. The lowest BCUT2D eigenvalue weighted by Crippen LogP contribution is -2.28. The van der Waals surface area contributed by atoms with E-state index < -0.39 is 20.7 Å². The van der Waals surface area contributed by atoms with Gasteiger partial charge in [-0.25, -0.2) is 17.5 Å². The monoisotopic (exact) mass is 303 g/mol. The van der Waals surface area contributed by atoms with Crippen LogP contribution in [0.15, 0.2) is 35.2 Å². The molecule has 20 heavy (non-hydrogen) atoms. The summed E-state index contributed by atoms with van der Waals surface area (Å²) < 4.78 is 49.7. The maximum Gasteiger partial charge on any atom is 0.243 e. The molecule has 1 rings (SSSR count). The number of sulfonamides is 1. The van der Waals surface area contributed by atoms with Crippen molar-refractivity contribution < 1.29 is 22.3 Å². The molecule has 0 aliphatic rings. The van der Waals surface area contributed by atoms with Crippen LogP contribution in [-0.4, -0.2) is 35.3 Å². The molecule has 0 heterocycles. The highest BCUT2D eigenvalue weighted by Gasteiger charge is 2.18. The third-order valence-electron chi connectivity index (χ3n) is 2.32. The Morgan fingerprint density at radius 2 is 2.15 bits per heavy atom. The number of hydrogen-bond donors (Lipinski definition) is 1. The maximum atomic E-state index is 13.7. The number of methoxy groups -OCH3 is 1. The van der Waals surface area contributed by atoms with Crippen molar-refractivity contribution >= 4 is 10.0 Å². The topological polar surface area (TPSA) is 64.6 Å². The smallest absolute Gasteiger partial charge is 0.243 e. The molecule has 112 valence electrons. The van der Waals surface area contributed by atoms with Gasteiger partial charge in [-0.2, -0.15) is 0 Å². The quantitative estimate of drug-likeness (QED) is 0.586. The molecular formula is C13H18FNO4S. The lowest BCUT2D eigenvalue weighted by Gasteiger charge is -2.09. The van der Waals surface area contributed by atoms with Crippen LogP contribution in [-0.2, 0) is 14.8 Å². The first-order chi connectivity index (χ1) is 9.36. The molecule has 0 aromatic heterocycles. The van der Waals surface area contributed by atoms with E-state index in [2.05, 4.69) is 11.3 Å². The molecule has 0 unspecified atom stereocenters. The normalized spacial score (nSPS) is 11.3. The molecule has 0 atom stereocenters. The van der Waals surface area contributed by atoms with Crippen LogP contribution >= 0.6 is 0 Å². The van der Waals surface area contributed by atoms with Gasteiger partial charge in [0.2, 0.25) is 10.0 Å². The number of rotatable bonds is 8. The Morgan fingerprint density at radius 1 is 1.45 bits per heavy atom. The second kappa shape index (κ2) is 7.37. The molecule has 0 radical (unpaired) electrons. The minimum absolute atomic E-state index is 0.0566. The van der Waals surface area contributed by atoms with Crippen LogP contribution in [0.2, 0.25) is 0 Å². The highest BCUT2D eigenvalue weighted by molar-refractivity contribution is 7.89. The van der Waals surface area contributed by atoms with Gasteiger partial charge in [-0.1, -0.05) is 12.2 Å². The van der Waals surface area contributed by atoms with Crippen molar-refractivity contribution in [2.45, 2.75) is 11.8 Å². The van der Waals surface area contributed by atoms with E-state index in [1.807, 2.05) is 0 Å². The average molecular weight is 303 g/mol. The molecule has 5 nitrogen and oxygen atoms in total. The van der Waals surface area contributed by atoms with Crippen LogP contribution in [0.25, 0.3) is 0 Å². The summed E-state index contributed by atoms with van der Waals surface area (Å²) in [6.07, 6.45) is 0. The fourth-order valence-electron chi connectivity index (χ4n) is 1.40. The van der Waals surface area contributed by atoms with Crippen molar-refractivity contribution in [3.63, 3.8) is 0 Å². The summed E-state index contributed by atoms with van der Waals surface area (Å²) in [5, 5.41) is 0. The Hall–Kier alpha value is -1.44. The van der Waals surface area contributed by atoms with E-state index in [0.717, 1.165) is 17.7 Å². The molecule has 1 aromatic rings. The molecule has 0 bridgehead atoms. The summed E-state index contributed by atoms with van der Waals surface area (Å²) in [6, 6.07) is 3.56. The fraction of sp³-hybridized carbons (Fsp3) is 0.385. The molecule has 7 heteroatoms. The molecule has 1 N–H and O–H groups in total. The number of benzene rings is 1. The van der Waals surface area contributed by atoms with Gasteiger partial charge < -0.3 is 9.47 Å². The van der Waals surface area contributed by atoms with Crippen LogP contribution in [0.5, 0.6) is 5.75 Å². The van der Waals surface area contributed by atoms with Crippen molar-refractivity contribution in [1.29, 1.82) is 0 Å². The first-order valence-corrected chi connectivity index (χ1v) is 7.40. The third kappa shape index (κ3) is 4.92. The average Bonchev–Trinajstić information content (AvgIpc) is 2.37. The van der Waals surface area contributed by atoms with Crippen LogP contribution < -0.4 is 9.46 Å². The van der Waals surface area contributed by atoms with E-state index in [1.165, 1.54) is 13.2 Å². The Balaban J connectivity index is 2.62. The summed E-state index contributed by atoms with van der Waals surface area (Å²) in [7, 11) is -2.52. The molecular weight excluding hydrogens is 285 g/mol. The number of ether oxygens (including phenoxy) is 2. The number of halogens is 1. The van der Waals surface area contributed by atoms with Crippen LogP contribution in [0.4, 0.5) is 4.39 Å². The lowest BCUT2D eigenvalue weighted by molar-refractivity contribution is 0.162. The van der Waals surface area contributed by atoms with Gasteiger partial charge >= 0.3 is 0 Å². The van der Waals surface area contributed by atoms with E-state index in [4.69, 9.17) is 9.47 Å².